The maximum absolute atomic E-state index is 14.2. The van der Waals surface area contributed by atoms with Crippen LogP contribution in [-0.2, 0) is 9.53 Å². The van der Waals surface area contributed by atoms with Crippen LogP contribution in [0.2, 0.25) is 10.0 Å². The van der Waals surface area contributed by atoms with E-state index in [2.05, 4.69) is 4.99 Å². The molecule has 2 aromatic carbocycles. The number of nitrogens with zero attached hydrogens (tertiary/aromatic N) is 3. The Morgan fingerprint density at radius 3 is 2.55 bits per heavy atom. The number of nitriles is 1. The van der Waals surface area contributed by atoms with Gasteiger partial charge in [0.25, 0.3) is 5.56 Å². The minimum absolute atomic E-state index is 0.00756. The molecule has 0 amide bonds. The molecule has 1 aliphatic heterocycles. The maximum Gasteiger partial charge on any atom is 0.434 e. The lowest BCUT2D eigenvalue weighted by Gasteiger charge is -2.26. The third kappa shape index (κ3) is 5.72. The zero-order valence-electron chi connectivity index (χ0n) is 20.7. The molecule has 0 bridgehead atoms. The molecule has 0 saturated heterocycles. The number of halogens is 5. The van der Waals surface area contributed by atoms with Crippen LogP contribution in [0.3, 0.4) is 0 Å². The molecule has 1 atom stereocenters. The monoisotopic (exact) mass is 611 g/mol. The molecule has 0 unspecified atom stereocenters. The van der Waals surface area contributed by atoms with Gasteiger partial charge in [0.1, 0.15) is 6.07 Å². The van der Waals surface area contributed by atoms with E-state index >= 15 is 0 Å². The number of aromatic nitrogens is 1. The predicted molar refractivity (Wildman–Crippen MR) is 141 cm³/mol. The number of hydrogen-bond acceptors (Lipinski definition) is 8. The second-order valence-corrected chi connectivity index (χ2v) is 9.95. The highest BCUT2D eigenvalue weighted by molar-refractivity contribution is 7.07. The van der Waals surface area contributed by atoms with E-state index in [9.17, 15) is 22.8 Å². The highest BCUT2D eigenvalue weighted by Crippen LogP contribution is 2.39. The summed E-state index contributed by atoms with van der Waals surface area (Å²) in [6, 6.07) is 8.97. The average Bonchev–Trinajstić information content (AvgIpc) is 3.21. The Kier molecular flexibility index (Phi) is 8.58. The summed E-state index contributed by atoms with van der Waals surface area (Å²) in [5, 5.41) is 9.18. The van der Waals surface area contributed by atoms with Gasteiger partial charge >= 0.3 is 12.1 Å². The van der Waals surface area contributed by atoms with Gasteiger partial charge in [-0.25, -0.2) is 9.79 Å². The third-order valence-corrected chi connectivity index (χ3v) is 7.13. The van der Waals surface area contributed by atoms with Crippen molar-refractivity contribution in [3.8, 4) is 17.6 Å². The molecule has 4 rings (SSSR count). The molecule has 3 aromatic rings. The second-order valence-electron chi connectivity index (χ2n) is 8.10. The first kappa shape index (κ1) is 29.2. The lowest BCUT2D eigenvalue weighted by molar-refractivity contribution is -0.140. The number of esters is 1. The number of carbonyl (C=O) groups excluding carboxylic acids is 1. The molecule has 1 aromatic heterocycles. The fourth-order valence-electron chi connectivity index (χ4n) is 4.02. The standard InChI is InChI=1S/C26H18Cl2F3N3O5S/c1-3-38-24(36)19-20(14-4-6-15(27)7-5-14)34-23(35)18(40-25(34)33-22(19)26(29,30)31)12-13-10-16(28)21(39-9-8-32)17(11-13)37-2/h4-7,10-12,20H,3,9H2,1-2H3/b18-12-/t20-/m1/s1. The van der Waals surface area contributed by atoms with Crippen molar-refractivity contribution < 1.29 is 32.2 Å². The minimum Gasteiger partial charge on any atom is -0.493 e. The highest BCUT2D eigenvalue weighted by atomic mass is 35.5. The van der Waals surface area contributed by atoms with Gasteiger partial charge in [0.2, 0.25) is 0 Å². The third-order valence-electron chi connectivity index (χ3n) is 5.61. The smallest absolute Gasteiger partial charge is 0.434 e. The molecule has 0 N–H and O–H groups in total. The van der Waals surface area contributed by atoms with Crippen molar-refractivity contribution in [2.24, 2.45) is 4.99 Å². The number of carbonyl (C=O) groups is 1. The Morgan fingerprint density at radius 2 is 1.95 bits per heavy atom. The van der Waals surface area contributed by atoms with Crippen LogP contribution in [0.1, 0.15) is 24.1 Å². The summed E-state index contributed by atoms with van der Waals surface area (Å²) >= 11 is 13.0. The predicted octanol–water partition coefficient (Wildman–Crippen LogP) is 4.56. The van der Waals surface area contributed by atoms with Gasteiger partial charge in [0, 0.05) is 5.02 Å². The molecule has 1 aliphatic rings. The van der Waals surface area contributed by atoms with Gasteiger partial charge in [-0.05, 0) is 48.4 Å². The van der Waals surface area contributed by atoms with Crippen molar-refractivity contribution in [3.05, 3.63) is 88.5 Å². The number of allylic oxidation sites excluding steroid dienone is 1. The van der Waals surface area contributed by atoms with Crippen LogP contribution < -0.4 is 24.4 Å². The van der Waals surface area contributed by atoms with E-state index in [0.717, 1.165) is 4.57 Å². The van der Waals surface area contributed by atoms with Crippen molar-refractivity contribution in [1.82, 2.24) is 4.57 Å². The largest absolute Gasteiger partial charge is 0.493 e. The number of methoxy groups -OCH3 is 1. The molecule has 14 heteroatoms. The highest BCUT2D eigenvalue weighted by Gasteiger charge is 2.45. The summed E-state index contributed by atoms with van der Waals surface area (Å²) in [6.07, 6.45) is -3.63. The van der Waals surface area contributed by atoms with Gasteiger partial charge in [0.15, 0.2) is 28.6 Å². The number of benzene rings is 2. The summed E-state index contributed by atoms with van der Waals surface area (Å²) in [7, 11) is 1.35. The summed E-state index contributed by atoms with van der Waals surface area (Å²) in [5.74, 6) is -0.969. The summed E-state index contributed by atoms with van der Waals surface area (Å²) in [5.41, 5.74) is -2.42. The molecule has 0 radical (unpaired) electrons. The molecule has 40 heavy (non-hydrogen) atoms. The van der Waals surface area contributed by atoms with Crippen molar-refractivity contribution in [2.75, 3.05) is 20.3 Å². The van der Waals surface area contributed by atoms with Crippen LogP contribution in [0.15, 0.2) is 57.5 Å². The average molecular weight is 612 g/mol. The normalized spacial score (nSPS) is 15.2. The van der Waals surface area contributed by atoms with Crippen LogP contribution in [-0.4, -0.2) is 37.0 Å². The second kappa shape index (κ2) is 11.8. The number of fused-ring (bicyclic) bond motifs is 1. The molecule has 0 fully saturated rings. The topological polar surface area (TPSA) is 103 Å². The molecule has 8 nitrogen and oxygen atoms in total. The number of rotatable bonds is 7. The Balaban J connectivity index is 1.99. The molecule has 0 saturated carbocycles. The van der Waals surface area contributed by atoms with Gasteiger partial charge in [-0.2, -0.15) is 18.4 Å². The molecule has 208 valence electrons. The van der Waals surface area contributed by atoms with E-state index in [1.54, 1.807) is 0 Å². The summed E-state index contributed by atoms with van der Waals surface area (Å²) < 4.78 is 59.2. The fraction of sp³-hybridized carbons (Fsp3) is 0.231. The maximum atomic E-state index is 14.2. The summed E-state index contributed by atoms with van der Waals surface area (Å²) in [4.78, 5) is 30.0. The van der Waals surface area contributed by atoms with Crippen molar-refractivity contribution in [1.29, 1.82) is 5.26 Å². The van der Waals surface area contributed by atoms with Crippen molar-refractivity contribution >= 4 is 46.6 Å². The molecular weight excluding hydrogens is 594 g/mol. The number of ether oxygens (including phenoxy) is 3. The fourth-order valence-corrected chi connectivity index (χ4v) is 5.42. The lowest BCUT2D eigenvalue weighted by atomic mass is 9.95. The van der Waals surface area contributed by atoms with E-state index in [-0.39, 0.29) is 44.6 Å². The van der Waals surface area contributed by atoms with Crippen molar-refractivity contribution in [2.45, 2.75) is 19.1 Å². The first-order chi connectivity index (χ1) is 19.0. The van der Waals surface area contributed by atoms with E-state index in [1.807, 2.05) is 6.07 Å². The van der Waals surface area contributed by atoms with E-state index < -0.39 is 35.0 Å². The zero-order valence-corrected chi connectivity index (χ0v) is 23.0. The van der Waals surface area contributed by atoms with Crippen LogP contribution in [0, 0.1) is 11.3 Å². The van der Waals surface area contributed by atoms with Crippen molar-refractivity contribution in [3.63, 3.8) is 0 Å². The molecule has 2 heterocycles. The van der Waals surface area contributed by atoms with Crippen LogP contribution in [0.5, 0.6) is 11.5 Å². The molecule has 0 spiro atoms. The first-order valence-corrected chi connectivity index (χ1v) is 13.0. The van der Waals surface area contributed by atoms with Crippen LogP contribution >= 0.6 is 34.5 Å². The first-order valence-electron chi connectivity index (χ1n) is 11.4. The molecule has 0 aliphatic carbocycles. The Bertz CT molecular complexity index is 1720. The van der Waals surface area contributed by atoms with Gasteiger partial charge in [-0.3, -0.25) is 9.36 Å². The van der Waals surface area contributed by atoms with Crippen LogP contribution in [0.25, 0.3) is 6.08 Å². The SMILES string of the molecule is CCOC(=O)C1=C(C(F)(F)F)N=c2s/c(=C\c3cc(Cl)c(OCC#N)c(OC)c3)c(=O)n2[C@@H]1c1ccc(Cl)cc1. The Morgan fingerprint density at radius 1 is 1.25 bits per heavy atom. The van der Waals surface area contributed by atoms with E-state index in [0.29, 0.717) is 21.9 Å². The molecular formula is C26H18Cl2F3N3O5S. The number of thiazole rings is 1. The Hall–Kier alpha value is -3.79. The van der Waals surface area contributed by atoms with Gasteiger partial charge < -0.3 is 14.2 Å². The quantitative estimate of drug-likeness (QED) is 0.363. The Labute approximate surface area is 238 Å². The lowest BCUT2D eigenvalue weighted by Crippen LogP contribution is -2.41. The zero-order chi connectivity index (χ0) is 29.2. The number of alkyl halides is 3. The summed E-state index contributed by atoms with van der Waals surface area (Å²) in [6.45, 7) is 0.971. The number of hydrogen-bond donors (Lipinski definition) is 0. The van der Waals surface area contributed by atoms with Gasteiger partial charge in [0.05, 0.1) is 34.9 Å². The van der Waals surface area contributed by atoms with Gasteiger partial charge in [-0.1, -0.05) is 46.7 Å². The van der Waals surface area contributed by atoms with Crippen LogP contribution in [0.4, 0.5) is 13.2 Å². The minimum atomic E-state index is -5.03. The van der Waals surface area contributed by atoms with E-state index in [4.69, 9.17) is 42.7 Å². The van der Waals surface area contributed by atoms with Gasteiger partial charge in [-0.15, -0.1) is 0 Å². The van der Waals surface area contributed by atoms with E-state index in [1.165, 1.54) is 56.5 Å².